The number of nitrogens with one attached hydrogen (secondary N) is 1. The van der Waals surface area contributed by atoms with Gasteiger partial charge in [-0.05, 0) is 12.1 Å². The second kappa shape index (κ2) is 5.85. The van der Waals surface area contributed by atoms with Crippen LogP contribution in [0.1, 0.15) is 0 Å². The first-order chi connectivity index (χ1) is 9.22. The summed E-state index contributed by atoms with van der Waals surface area (Å²) in [6.45, 7) is 0.0924. The number of nitrogens with zero attached hydrogens (tertiary/aromatic N) is 3. The minimum Gasteiger partial charge on any atom is -0.497 e. The van der Waals surface area contributed by atoms with E-state index in [1.54, 1.807) is 25.3 Å². The van der Waals surface area contributed by atoms with Crippen LogP contribution in [0.15, 0.2) is 30.9 Å². The third-order valence-electron chi connectivity index (χ3n) is 2.45. The first-order valence-corrected chi connectivity index (χ1v) is 5.57. The van der Waals surface area contributed by atoms with Gasteiger partial charge in [0.05, 0.1) is 19.9 Å². The Morgan fingerprint density at radius 2 is 2.21 bits per heavy atom. The maximum atomic E-state index is 11.8. The van der Waals surface area contributed by atoms with Crippen molar-refractivity contribution in [2.45, 2.75) is 6.54 Å². The molecule has 0 unspecified atom stereocenters. The maximum absolute atomic E-state index is 11.8. The van der Waals surface area contributed by atoms with E-state index < -0.39 is 0 Å². The number of carbonyl (C=O) groups is 1. The van der Waals surface area contributed by atoms with Crippen molar-refractivity contribution in [3.05, 3.63) is 30.9 Å². The number of carbonyl (C=O) groups excluding carboxylic acids is 1. The molecule has 0 aliphatic rings. The molecule has 100 valence electrons. The number of rotatable bonds is 5. The maximum Gasteiger partial charge on any atom is 0.246 e. The van der Waals surface area contributed by atoms with Crippen LogP contribution < -0.4 is 14.8 Å². The molecule has 0 spiro atoms. The summed E-state index contributed by atoms with van der Waals surface area (Å²) < 4.78 is 11.7. The molecule has 1 heterocycles. The lowest BCUT2D eigenvalue weighted by molar-refractivity contribution is -0.116. The highest BCUT2D eigenvalue weighted by Crippen LogP contribution is 2.28. The fourth-order valence-corrected chi connectivity index (χ4v) is 1.55. The zero-order chi connectivity index (χ0) is 13.7. The summed E-state index contributed by atoms with van der Waals surface area (Å²) in [5, 5.41) is 6.60. The van der Waals surface area contributed by atoms with Crippen LogP contribution in [0.3, 0.4) is 0 Å². The Balaban J connectivity index is 2.07. The Kier molecular flexibility index (Phi) is 3.97. The van der Waals surface area contributed by atoms with Crippen molar-refractivity contribution in [2.24, 2.45) is 0 Å². The molecule has 7 nitrogen and oxygen atoms in total. The van der Waals surface area contributed by atoms with Crippen molar-refractivity contribution in [2.75, 3.05) is 19.5 Å². The molecule has 1 aromatic carbocycles. The largest absolute Gasteiger partial charge is 0.497 e. The van der Waals surface area contributed by atoms with Gasteiger partial charge in [0.25, 0.3) is 0 Å². The molecule has 1 aromatic heterocycles. The van der Waals surface area contributed by atoms with Gasteiger partial charge in [-0.1, -0.05) is 0 Å². The normalized spacial score (nSPS) is 10.0. The molecule has 0 bridgehead atoms. The van der Waals surface area contributed by atoms with E-state index in [-0.39, 0.29) is 12.5 Å². The number of benzene rings is 1. The van der Waals surface area contributed by atoms with Crippen LogP contribution in [0, 0.1) is 0 Å². The lowest BCUT2D eigenvalue weighted by Gasteiger charge is -2.11. The topological polar surface area (TPSA) is 78.3 Å². The van der Waals surface area contributed by atoms with E-state index in [0.29, 0.717) is 17.2 Å². The molecule has 19 heavy (non-hydrogen) atoms. The number of methoxy groups -OCH3 is 2. The lowest BCUT2D eigenvalue weighted by atomic mass is 10.2. The minimum absolute atomic E-state index is 0.0924. The number of anilines is 1. The highest BCUT2D eigenvalue weighted by molar-refractivity contribution is 5.92. The van der Waals surface area contributed by atoms with Crippen molar-refractivity contribution >= 4 is 11.6 Å². The van der Waals surface area contributed by atoms with E-state index >= 15 is 0 Å². The molecule has 1 N–H and O–H groups in total. The van der Waals surface area contributed by atoms with Gasteiger partial charge in [0.2, 0.25) is 5.91 Å². The molecular weight excluding hydrogens is 248 g/mol. The van der Waals surface area contributed by atoms with Gasteiger partial charge in [-0.3, -0.25) is 4.79 Å². The molecule has 0 aliphatic carbocycles. The van der Waals surface area contributed by atoms with E-state index in [4.69, 9.17) is 9.47 Å². The van der Waals surface area contributed by atoms with E-state index in [0.717, 1.165) is 0 Å². The molecule has 0 saturated carbocycles. The third kappa shape index (κ3) is 3.21. The SMILES string of the molecule is COc1ccc(NC(=O)Cn2cncn2)c(OC)c1. The average molecular weight is 262 g/mol. The van der Waals surface area contributed by atoms with Gasteiger partial charge in [-0.25, -0.2) is 9.67 Å². The monoisotopic (exact) mass is 262 g/mol. The Morgan fingerprint density at radius 3 is 2.84 bits per heavy atom. The summed E-state index contributed by atoms with van der Waals surface area (Å²) in [4.78, 5) is 15.6. The molecule has 0 radical (unpaired) electrons. The number of ether oxygens (including phenoxy) is 2. The number of aromatic nitrogens is 3. The Hall–Kier alpha value is -2.57. The molecule has 1 amide bonds. The van der Waals surface area contributed by atoms with Gasteiger partial charge >= 0.3 is 0 Å². The highest BCUT2D eigenvalue weighted by atomic mass is 16.5. The Labute approximate surface area is 110 Å². The van der Waals surface area contributed by atoms with Crippen molar-refractivity contribution in [1.82, 2.24) is 14.8 Å². The summed E-state index contributed by atoms with van der Waals surface area (Å²) >= 11 is 0. The van der Waals surface area contributed by atoms with Crippen molar-refractivity contribution < 1.29 is 14.3 Å². The standard InChI is InChI=1S/C12H14N4O3/c1-18-9-3-4-10(11(5-9)19-2)15-12(17)6-16-8-13-7-14-16/h3-5,7-8H,6H2,1-2H3,(H,15,17). The van der Waals surface area contributed by atoms with Gasteiger partial charge < -0.3 is 14.8 Å². The fourth-order valence-electron chi connectivity index (χ4n) is 1.55. The summed E-state index contributed by atoms with van der Waals surface area (Å²) in [5.74, 6) is 0.978. The van der Waals surface area contributed by atoms with Crippen LogP contribution in [0.4, 0.5) is 5.69 Å². The summed E-state index contributed by atoms with van der Waals surface area (Å²) in [6.07, 6.45) is 2.85. The van der Waals surface area contributed by atoms with Crippen LogP contribution >= 0.6 is 0 Å². The second-order valence-electron chi connectivity index (χ2n) is 3.71. The fraction of sp³-hybridized carbons (Fsp3) is 0.250. The zero-order valence-corrected chi connectivity index (χ0v) is 10.7. The Morgan fingerprint density at radius 1 is 1.37 bits per heavy atom. The van der Waals surface area contributed by atoms with Gasteiger partial charge in [-0.15, -0.1) is 0 Å². The quantitative estimate of drug-likeness (QED) is 0.867. The van der Waals surface area contributed by atoms with E-state index in [2.05, 4.69) is 15.4 Å². The molecule has 2 aromatic rings. The predicted molar refractivity (Wildman–Crippen MR) is 68.2 cm³/mol. The molecule has 0 aliphatic heterocycles. The van der Waals surface area contributed by atoms with Crippen molar-refractivity contribution in [3.63, 3.8) is 0 Å². The van der Waals surface area contributed by atoms with Crippen LogP contribution in [0.25, 0.3) is 0 Å². The van der Waals surface area contributed by atoms with Gasteiger partial charge in [0, 0.05) is 6.07 Å². The first-order valence-electron chi connectivity index (χ1n) is 5.57. The van der Waals surface area contributed by atoms with Crippen molar-refractivity contribution in [3.8, 4) is 11.5 Å². The minimum atomic E-state index is -0.214. The molecule has 7 heteroatoms. The number of hydrogen-bond donors (Lipinski definition) is 1. The zero-order valence-electron chi connectivity index (χ0n) is 10.7. The highest BCUT2D eigenvalue weighted by Gasteiger charge is 2.09. The van der Waals surface area contributed by atoms with E-state index in [9.17, 15) is 4.79 Å². The van der Waals surface area contributed by atoms with E-state index in [1.165, 1.54) is 24.4 Å². The predicted octanol–water partition coefficient (Wildman–Crippen LogP) is 0.934. The lowest BCUT2D eigenvalue weighted by Crippen LogP contribution is -2.19. The second-order valence-corrected chi connectivity index (χ2v) is 3.71. The van der Waals surface area contributed by atoms with Crippen molar-refractivity contribution in [1.29, 1.82) is 0 Å². The first kappa shape index (κ1) is 12.9. The van der Waals surface area contributed by atoms with Crippen LogP contribution in [-0.4, -0.2) is 34.9 Å². The smallest absolute Gasteiger partial charge is 0.246 e. The van der Waals surface area contributed by atoms with Gasteiger partial charge in [-0.2, -0.15) is 5.10 Å². The summed E-state index contributed by atoms with van der Waals surface area (Å²) in [6, 6.07) is 5.16. The van der Waals surface area contributed by atoms with Gasteiger partial charge in [0.1, 0.15) is 30.7 Å². The van der Waals surface area contributed by atoms with Crippen LogP contribution in [0.5, 0.6) is 11.5 Å². The molecule has 2 rings (SSSR count). The molecule has 0 fully saturated rings. The average Bonchev–Trinajstić information content (AvgIpc) is 2.91. The molecular formula is C12H14N4O3. The van der Waals surface area contributed by atoms with Gasteiger partial charge in [0.15, 0.2) is 0 Å². The summed E-state index contributed by atoms with van der Waals surface area (Å²) in [5.41, 5.74) is 0.577. The number of amides is 1. The summed E-state index contributed by atoms with van der Waals surface area (Å²) in [7, 11) is 3.10. The van der Waals surface area contributed by atoms with E-state index in [1.807, 2.05) is 0 Å². The number of hydrogen-bond acceptors (Lipinski definition) is 5. The molecule has 0 saturated heterocycles. The van der Waals surface area contributed by atoms with Crippen LogP contribution in [0.2, 0.25) is 0 Å². The molecule has 0 atom stereocenters. The third-order valence-corrected chi connectivity index (χ3v) is 2.45. The van der Waals surface area contributed by atoms with Crippen LogP contribution in [-0.2, 0) is 11.3 Å². The Bertz CT molecular complexity index is 554.